The van der Waals surface area contributed by atoms with Crippen molar-refractivity contribution >= 4 is 17.4 Å². The van der Waals surface area contributed by atoms with Crippen LogP contribution in [0.4, 0.5) is 0 Å². The van der Waals surface area contributed by atoms with Crippen molar-refractivity contribution < 1.29 is 24.2 Å². The minimum absolute atomic E-state index is 0.00434. The van der Waals surface area contributed by atoms with Crippen molar-refractivity contribution in [1.29, 1.82) is 0 Å². The molecule has 6 heteroatoms. The molecule has 0 aromatic heterocycles. The Morgan fingerprint density at radius 3 is 2.32 bits per heavy atom. The molecule has 6 nitrogen and oxygen atoms in total. The van der Waals surface area contributed by atoms with Gasteiger partial charge in [0.15, 0.2) is 5.76 Å². The van der Waals surface area contributed by atoms with Crippen molar-refractivity contribution in [2.24, 2.45) is 5.92 Å². The highest BCUT2D eigenvalue weighted by Gasteiger charge is 2.39. The second kappa shape index (κ2) is 8.17. The van der Waals surface area contributed by atoms with Gasteiger partial charge in [-0.25, -0.2) is 0 Å². The average Bonchev–Trinajstić information content (AvgIpc) is 2.90. The molecule has 2 aromatic carbocycles. The Bertz CT molecular complexity index is 915. The van der Waals surface area contributed by atoms with Crippen LogP contribution in [-0.2, 0) is 16.1 Å². The van der Waals surface area contributed by atoms with Crippen molar-refractivity contribution in [3.8, 4) is 11.5 Å². The quantitative estimate of drug-likeness (QED) is 0.742. The molecule has 146 valence electrons. The maximum atomic E-state index is 12.8. The number of imide groups is 1. The van der Waals surface area contributed by atoms with Crippen LogP contribution in [0.25, 0.3) is 5.57 Å². The van der Waals surface area contributed by atoms with Gasteiger partial charge in [0.2, 0.25) is 0 Å². The summed E-state index contributed by atoms with van der Waals surface area (Å²) in [5.41, 5.74) is 1.14. The van der Waals surface area contributed by atoms with Gasteiger partial charge >= 0.3 is 0 Å². The number of aliphatic hydroxyl groups is 1. The van der Waals surface area contributed by atoms with Crippen LogP contribution in [0.2, 0.25) is 0 Å². The van der Waals surface area contributed by atoms with Gasteiger partial charge in [-0.2, -0.15) is 0 Å². The molecule has 0 fully saturated rings. The molecule has 0 atom stereocenters. The third-order valence-corrected chi connectivity index (χ3v) is 4.39. The van der Waals surface area contributed by atoms with E-state index in [4.69, 9.17) is 9.47 Å². The number of para-hydroxylation sites is 1. The van der Waals surface area contributed by atoms with Crippen molar-refractivity contribution in [3.05, 3.63) is 65.4 Å². The second-order valence-electron chi connectivity index (χ2n) is 6.96. The van der Waals surface area contributed by atoms with Crippen LogP contribution in [0.5, 0.6) is 11.5 Å². The van der Waals surface area contributed by atoms with E-state index in [0.717, 1.165) is 4.90 Å². The molecule has 1 N–H and O–H groups in total. The van der Waals surface area contributed by atoms with Crippen molar-refractivity contribution in [1.82, 2.24) is 4.90 Å². The molecule has 0 saturated carbocycles. The number of carbonyl (C=O) groups is 2. The summed E-state index contributed by atoms with van der Waals surface area (Å²) >= 11 is 0. The van der Waals surface area contributed by atoms with Crippen LogP contribution in [0.3, 0.4) is 0 Å². The largest absolute Gasteiger partial charge is 0.502 e. The molecule has 0 radical (unpaired) electrons. The van der Waals surface area contributed by atoms with E-state index in [9.17, 15) is 14.7 Å². The van der Waals surface area contributed by atoms with Gasteiger partial charge in [0.25, 0.3) is 11.8 Å². The van der Waals surface area contributed by atoms with Gasteiger partial charge in [-0.15, -0.1) is 0 Å². The highest BCUT2D eigenvalue weighted by atomic mass is 16.5. The van der Waals surface area contributed by atoms with Gasteiger partial charge in [0.1, 0.15) is 11.5 Å². The smallest absolute Gasteiger partial charge is 0.296 e. The lowest BCUT2D eigenvalue weighted by Crippen LogP contribution is -2.31. The summed E-state index contributed by atoms with van der Waals surface area (Å²) in [6.45, 7) is 4.70. The number of methoxy groups -OCH3 is 1. The van der Waals surface area contributed by atoms with Gasteiger partial charge in [0, 0.05) is 5.56 Å². The summed E-state index contributed by atoms with van der Waals surface area (Å²) < 4.78 is 10.9. The van der Waals surface area contributed by atoms with Crippen LogP contribution in [0, 0.1) is 5.92 Å². The predicted molar refractivity (Wildman–Crippen MR) is 105 cm³/mol. The number of hydrogen-bond donors (Lipinski definition) is 1. The summed E-state index contributed by atoms with van der Waals surface area (Å²) in [6, 6.07) is 13.9. The van der Waals surface area contributed by atoms with Crippen LogP contribution in [-0.4, -0.2) is 35.5 Å². The first-order chi connectivity index (χ1) is 13.4. The van der Waals surface area contributed by atoms with E-state index < -0.39 is 17.6 Å². The highest BCUT2D eigenvalue weighted by Crippen LogP contribution is 2.31. The first kappa shape index (κ1) is 19.5. The van der Waals surface area contributed by atoms with Crippen molar-refractivity contribution in [3.63, 3.8) is 0 Å². The Morgan fingerprint density at radius 2 is 1.68 bits per heavy atom. The molecule has 1 aliphatic heterocycles. The lowest BCUT2D eigenvalue weighted by atomic mass is 10.1. The highest BCUT2D eigenvalue weighted by molar-refractivity contribution is 6.34. The topological polar surface area (TPSA) is 76.1 Å². The number of amides is 2. The van der Waals surface area contributed by atoms with Crippen LogP contribution in [0.15, 0.2) is 54.3 Å². The van der Waals surface area contributed by atoms with Crippen molar-refractivity contribution in [2.75, 3.05) is 13.7 Å². The van der Waals surface area contributed by atoms with Gasteiger partial charge < -0.3 is 14.6 Å². The summed E-state index contributed by atoms with van der Waals surface area (Å²) in [5.74, 6) is -0.169. The summed E-state index contributed by atoms with van der Waals surface area (Å²) in [7, 11) is 1.52. The van der Waals surface area contributed by atoms with Crippen LogP contribution in [0.1, 0.15) is 25.0 Å². The third kappa shape index (κ3) is 3.86. The lowest BCUT2D eigenvalue weighted by Gasteiger charge is -2.16. The van der Waals surface area contributed by atoms with Crippen LogP contribution < -0.4 is 9.47 Å². The zero-order valence-electron chi connectivity index (χ0n) is 16.1. The third-order valence-electron chi connectivity index (χ3n) is 4.39. The van der Waals surface area contributed by atoms with E-state index in [1.54, 1.807) is 48.5 Å². The summed E-state index contributed by atoms with van der Waals surface area (Å²) in [4.78, 5) is 26.3. The zero-order chi connectivity index (χ0) is 20.3. The fourth-order valence-corrected chi connectivity index (χ4v) is 2.95. The molecule has 2 amide bonds. The molecule has 3 rings (SSSR count). The van der Waals surface area contributed by atoms with Crippen molar-refractivity contribution in [2.45, 2.75) is 20.4 Å². The number of carbonyl (C=O) groups excluding carboxylic acids is 2. The Morgan fingerprint density at radius 1 is 1.00 bits per heavy atom. The fourth-order valence-electron chi connectivity index (χ4n) is 2.95. The number of aliphatic hydroxyl groups excluding tert-OH is 1. The Balaban J connectivity index is 1.81. The lowest BCUT2D eigenvalue weighted by molar-refractivity contribution is -0.138. The molecule has 2 aromatic rings. The second-order valence-corrected chi connectivity index (χ2v) is 6.96. The molecule has 0 bridgehead atoms. The minimum atomic E-state index is -0.717. The molecule has 1 aliphatic rings. The van der Waals surface area contributed by atoms with E-state index in [1.807, 2.05) is 0 Å². The van der Waals surface area contributed by atoms with E-state index in [-0.39, 0.29) is 12.1 Å². The molecule has 0 saturated heterocycles. The average molecular weight is 381 g/mol. The zero-order valence-corrected chi connectivity index (χ0v) is 16.1. The van der Waals surface area contributed by atoms with Crippen LogP contribution >= 0.6 is 0 Å². The minimum Gasteiger partial charge on any atom is -0.502 e. The van der Waals surface area contributed by atoms with E-state index in [1.165, 1.54) is 7.11 Å². The fraction of sp³-hybridized carbons (Fsp3) is 0.273. The predicted octanol–water partition coefficient (Wildman–Crippen LogP) is 3.57. The molecule has 0 spiro atoms. The first-order valence-corrected chi connectivity index (χ1v) is 9.07. The molecular weight excluding hydrogens is 358 g/mol. The van der Waals surface area contributed by atoms with Gasteiger partial charge in [-0.05, 0) is 29.7 Å². The maximum absolute atomic E-state index is 12.8. The van der Waals surface area contributed by atoms with Gasteiger partial charge in [0.05, 0.1) is 25.8 Å². The molecular formula is C22H23NO5. The molecule has 0 aliphatic carbocycles. The van der Waals surface area contributed by atoms with E-state index >= 15 is 0 Å². The van der Waals surface area contributed by atoms with E-state index in [0.29, 0.717) is 35.2 Å². The number of rotatable bonds is 7. The molecule has 28 heavy (non-hydrogen) atoms. The number of ether oxygens (including phenoxy) is 2. The first-order valence-electron chi connectivity index (χ1n) is 9.07. The SMILES string of the molecule is COc1ccccc1CN1C(=O)C(O)=C(c2ccc(OCC(C)C)cc2)C1=O. The summed E-state index contributed by atoms with van der Waals surface area (Å²) in [5, 5.41) is 10.3. The number of benzene rings is 2. The Kier molecular flexibility index (Phi) is 5.68. The summed E-state index contributed by atoms with van der Waals surface area (Å²) in [6.07, 6.45) is 0. The maximum Gasteiger partial charge on any atom is 0.296 e. The molecule has 1 heterocycles. The number of nitrogens with zero attached hydrogens (tertiary/aromatic N) is 1. The normalized spacial score (nSPS) is 14.2. The number of hydrogen-bond acceptors (Lipinski definition) is 5. The standard InChI is InChI=1S/C22H23NO5/c1-14(2)13-28-17-10-8-15(9-11-17)19-20(24)22(26)23(21(19)25)12-16-6-4-5-7-18(16)27-3/h4-11,14,24H,12-13H2,1-3H3. The van der Waals surface area contributed by atoms with E-state index in [2.05, 4.69) is 13.8 Å². The van der Waals surface area contributed by atoms with Gasteiger partial charge in [-0.3, -0.25) is 14.5 Å². The van der Waals surface area contributed by atoms with Gasteiger partial charge in [-0.1, -0.05) is 44.2 Å². The Labute approximate surface area is 164 Å². The Hall–Kier alpha value is -3.28. The monoisotopic (exact) mass is 381 g/mol. The molecule has 0 unspecified atom stereocenters.